The topological polar surface area (TPSA) is 96.7 Å². The number of carbonyl (C=O) groups is 1. The fourth-order valence-corrected chi connectivity index (χ4v) is 1.40. The molecule has 1 unspecified atom stereocenters. The highest BCUT2D eigenvalue weighted by molar-refractivity contribution is 5.81. The van der Waals surface area contributed by atoms with Crippen LogP contribution in [0, 0.1) is 5.92 Å². The summed E-state index contributed by atoms with van der Waals surface area (Å²) in [6, 6.07) is -0.422. The predicted molar refractivity (Wildman–Crippen MR) is 60.5 cm³/mol. The zero-order valence-electron chi connectivity index (χ0n) is 9.73. The second-order valence-electron chi connectivity index (χ2n) is 4.21. The molecule has 16 heavy (non-hydrogen) atoms. The number of H-pyrrole nitrogens is 1. The molecule has 6 heteroatoms. The monoisotopic (exact) mass is 225 g/mol. The lowest BCUT2D eigenvalue weighted by atomic mass is 10.0. The molecule has 90 valence electrons. The number of nitrogens with zero attached hydrogens (tertiary/aromatic N) is 2. The fraction of sp³-hybridized carbons (Fsp3) is 0.700. The summed E-state index contributed by atoms with van der Waals surface area (Å²) in [5.41, 5.74) is 5.73. The van der Waals surface area contributed by atoms with Gasteiger partial charge in [0.15, 0.2) is 0 Å². The molecule has 0 aliphatic carbocycles. The van der Waals surface area contributed by atoms with Gasteiger partial charge in [-0.3, -0.25) is 9.89 Å². The Hall–Kier alpha value is -1.43. The third-order valence-corrected chi connectivity index (χ3v) is 2.19. The number of hydrogen-bond acceptors (Lipinski definition) is 4. The Morgan fingerprint density at radius 2 is 2.38 bits per heavy atom. The van der Waals surface area contributed by atoms with Crippen molar-refractivity contribution in [3.63, 3.8) is 0 Å². The van der Waals surface area contributed by atoms with Crippen molar-refractivity contribution < 1.29 is 4.79 Å². The summed E-state index contributed by atoms with van der Waals surface area (Å²) in [5.74, 6) is 1.08. The maximum atomic E-state index is 11.5. The van der Waals surface area contributed by atoms with Crippen molar-refractivity contribution in [1.29, 1.82) is 0 Å². The smallest absolute Gasteiger partial charge is 0.236 e. The molecule has 1 heterocycles. The summed E-state index contributed by atoms with van der Waals surface area (Å²) in [4.78, 5) is 15.5. The standard InChI is InChI=1S/C10H19N5O/c1-7(2)5-8(11)10(16)12-4-3-9-13-6-14-15-9/h6-8H,3-5,11H2,1-2H3,(H,12,16)(H,13,14,15). The van der Waals surface area contributed by atoms with E-state index in [0.29, 0.717) is 25.3 Å². The number of amides is 1. The number of aromatic nitrogens is 3. The van der Waals surface area contributed by atoms with E-state index in [4.69, 9.17) is 5.73 Å². The molecule has 0 saturated heterocycles. The average molecular weight is 225 g/mol. The van der Waals surface area contributed by atoms with E-state index in [9.17, 15) is 4.79 Å². The van der Waals surface area contributed by atoms with Gasteiger partial charge in [-0.1, -0.05) is 13.8 Å². The summed E-state index contributed by atoms with van der Waals surface area (Å²) in [5, 5.41) is 9.22. The van der Waals surface area contributed by atoms with Gasteiger partial charge in [-0.15, -0.1) is 0 Å². The van der Waals surface area contributed by atoms with E-state index < -0.39 is 6.04 Å². The van der Waals surface area contributed by atoms with Gasteiger partial charge in [0.2, 0.25) is 5.91 Å². The van der Waals surface area contributed by atoms with Crippen LogP contribution < -0.4 is 11.1 Å². The highest BCUT2D eigenvalue weighted by Gasteiger charge is 2.14. The van der Waals surface area contributed by atoms with Crippen molar-refractivity contribution in [2.75, 3.05) is 6.54 Å². The minimum atomic E-state index is -0.422. The number of nitrogens with two attached hydrogens (primary N) is 1. The van der Waals surface area contributed by atoms with Crippen LogP contribution in [0.1, 0.15) is 26.1 Å². The quantitative estimate of drug-likeness (QED) is 0.626. The minimum Gasteiger partial charge on any atom is -0.354 e. The summed E-state index contributed by atoms with van der Waals surface area (Å²) in [6.45, 7) is 4.61. The van der Waals surface area contributed by atoms with Gasteiger partial charge in [0.25, 0.3) is 0 Å². The molecule has 0 spiro atoms. The SMILES string of the molecule is CC(C)CC(N)C(=O)NCCc1ncn[nH]1. The van der Waals surface area contributed by atoms with Gasteiger partial charge in [-0.2, -0.15) is 5.10 Å². The van der Waals surface area contributed by atoms with Gasteiger partial charge in [0, 0.05) is 13.0 Å². The van der Waals surface area contributed by atoms with Crippen molar-refractivity contribution in [3.05, 3.63) is 12.2 Å². The molecule has 4 N–H and O–H groups in total. The summed E-state index contributed by atoms with van der Waals surface area (Å²) >= 11 is 0. The van der Waals surface area contributed by atoms with Gasteiger partial charge in [-0.05, 0) is 12.3 Å². The second kappa shape index (κ2) is 6.22. The second-order valence-corrected chi connectivity index (χ2v) is 4.21. The number of aromatic amines is 1. The van der Waals surface area contributed by atoms with Gasteiger partial charge >= 0.3 is 0 Å². The molecule has 1 aromatic heterocycles. The highest BCUT2D eigenvalue weighted by Crippen LogP contribution is 2.02. The molecule has 0 saturated carbocycles. The normalized spacial score (nSPS) is 12.8. The van der Waals surface area contributed by atoms with E-state index in [2.05, 4.69) is 20.5 Å². The van der Waals surface area contributed by atoms with Gasteiger partial charge < -0.3 is 11.1 Å². The Balaban J connectivity index is 2.19. The Kier molecular flexibility index (Phi) is 4.91. The molecule has 0 radical (unpaired) electrons. The molecule has 1 atom stereocenters. The lowest BCUT2D eigenvalue weighted by molar-refractivity contribution is -0.122. The van der Waals surface area contributed by atoms with Crippen molar-refractivity contribution in [2.24, 2.45) is 11.7 Å². The molecule has 0 aliphatic rings. The van der Waals surface area contributed by atoms with Crippen LogP contribution in [0.2, 0.25) is 0 Å². The predicted octanol–water partition coefficient (Wildman–Crippen LogP) is -0.163. The first-order chi connectivity index (χ1) is 7.59. The van der Waals surface area contributed by atoms with Gasteiger partial charge in [0.1, 0.15) is 12.2 Å². The van der Waals surface area contributed by atoms with Gasteiger partial charge in [0.05, 0.1) is 6.04 Å². The number of hydrogen-bond donors (Lipinski definition) is 3. The van der Waals surface area contributed by atoms with E-state index in [0.717, 1.165) is 5.82 Å². The molecular weight excluding hydrogens is 206 g/mol. The molecule has 0 bridgehead atoms. The number of nitrogens with one attached hydrogen (secondary N) is 2. The lowest BCUT2D eigenvalue weighted by Crippen LogP contribution is -2.42. The molecular formula is C10H19N5O. The van der Waals surface area contributed by atoms with Crippen LogP contribution in [-0.2, 0) is 11.2 Å². The molecule has 0 aliphatic heterocycles. The van der Waals surface area contributed by atoms with Crippen LogP contribution in [-0.4, -0.2) is 33.7 Å². The Morgan fingerprint density at radius 3 is 2.94 bits per heavy atom. The third-order valence-electron chi connectivity index (χ3n) is 2.19. The number of rotatable bonds is 6. The summed E-state index contributed by atoms with van der Waals surface area (Å²) < 4.78 is 0. The summed E-state index contributed by atoms with van der Waals surface area (Å²) in [7, 11) is 0. The van der Waals surface area contributed by atoms with Crippen molar-refractivity contribution in [1.82, 2.24) is 20.5 Å². The molecule has 0 aromatic carbocycles. The maximum Gasteiger partial charge on any atom is 0.236 e. The van der Waals surface area contributed by atoms with Crippen molar-refractivity contribution in [2.45, 2.75) is 32.7 Å². The maximum absolute atomic E-state index is 11.5. The van der Waals surface area contributed by atoms with Crippen molar-refractivity contribution in [3.8, 4) is 0 Å². The van der Waals surface area contributed by atoms with Crippen LogP contribution in [0.4, 0.5) is 0 Å². The van der Waals surface area contributed by atoms with Crippen molar-refractivity contribution >= 4 is 5.91 Å². The molecule has 1 rings (SSSR count). The lowest BCUT2D eigenvalue weighted by Gasteiger charge is -2.13. The Labute approximate surface area is 95.0 Å². The van der Waals surface area contributed by atoms with E-state index >= 15 is 0 Å². The Morgan fingerprint density at radius 1 is 1.62 bits per heavy atom. The first kappa shape index (κ1) is 12.6. The molecule has 1 aromatic rings. The van der Waals surface area contributed by atoms with E-state index in [1.807, 2.05) is 13.8 Å². The first-order valence-electron chi connectivity index (χ1n) is 5.47. The largest absolute Gasteiger partial charge is 0.354 e. The van der Waals surface area contributed by atoms with Gasteiger partial charge in [-0.25, -0.2) is 4.98 Å². The van der Waals surface area contributed by atoms with E-state index in [1.165, 1.54) is 6.33 Å². The Bertz CT molecular complexity index is 309. The zero-order chi connectivity index (χ0) is 12.0. The molecule has 0 fully saturated rings. The van der Waals surface area contributed by atoms with Crippen LogP contribution in [0.15, 0.2) is 6.33 Å². The minimum absolute atomic E-state index is 0.104. The molecule has 6 nitrogen and oxygen atoms in total. The van der Waals surface area contributed by atoms with E-state index in [1.54, 1.807) is 0 Å². The van der Waals surface area contributed by atoms with Crippen LogP contribution in [0.5, 0.6) is 0 Å². The highest BCUT2D eigenvalue weighted by atomic mass is 16.2. The van der Waals surface area contributed by atoms with Crippen LogP contribution >= 0.6 is 0 Å². The zero-order valence-corrected chi connectivity index (χ0v) is 9.73. The van der Waals surface area contributed by atoms with Crippen LogP contribution in [0.25, 0.3) is 0 Å². The third kappa shape index (κ3) is 4.39. The average Bonchev–Trinajstić information content (AvgIpc) is 2.69. The molecule has 1 amide bonds. The van der Waals surface area contributed by atoms with Crippen LogP contribution in [0.3, 0.4) is 0 Å². The fourth-order valence-electron chi connectivity index (χ4n) is 1.40. The number of carbonyl (C=O) groups excluding carboxylic acids is 1. The summed E-state index contributed by atoms with van der Waals surface area (Å²) in [6.07, 6.45) is 2.79. The van der Waals surface area contributed by atoms with E-state index in [-0.39, 0.29) is 5.91 Å². The first-order valence-corrected chi connectivity index (χ1v) is 5.47.